The first-order chi connectivity index (χ1) is 17.9. The van der Waals surface area contributed by atoms with Gasteiger partial charge in [0.25, 0.3) is 0 Å². The van der Waals surface area contributed by atoms with E-state index in [1.165, 1.54) is 6.07 Å². The molecule has 1 aliphatic heterocycles. The van der Waals surface area contributed by atoms with E-state index in [1.807, 2.05) is 68.4 Å². The third kappa shape index (κ3) is 5.67. The highest BCUT2D eigenvalue weighted by Crippen LogP contribution is 2.32. The number of aryl methyl sites for hydroxylation is 1. The lowest BCUT2D eigenvalue weighted by atomic mass is 9.91. The molecule has 0 N–H and O–H groups in total. The molecule has 0 saturated carbocycles. The summed E-state index contributed by atoms with van der Waals surface area (Å²) in [5.74, 6) is -0.474. The molecule has 0 bridgehead atoms. The Morgan fingerprint density at radius 2 is 1.92 bits per heavy atom. The number of hydrogen-bond acceptors (Lipinski definition) is 5. The fraction of sp³-hybridized carbons (Fsp3) is 0.200. The molecule has 2 aromatic heterocycles. The summed E-state index contributed by atoms with van der Waals surface area (Å²) in [6.45, 7) is 3.82. The van der Waals surface area contributed by atoms with E-state index in [-0.39, 0.29) is 30.0 Å². The van der Waals surface area contributed by atoms with Crippen LogP contribution in [-0.4, -0.2) is 21.5 Å². The summed E-state index contributed by atoms with van der Waals surface area (Å²) in [4.78, 5) is 28.0. The highest BCUT2D eigenvalue weighted by Gasteiger charge is 2.26. The van der Waals surface area contributed by atoms with Gasteiger partial charge in [-0.2, -0.15) is 0 Å². The zero-order valence-corrected chi connectivity index (χ0v) is 22.1. The maximum atomic E-state index is 15.0. The number of pyridine rings is 2. The average Bonchev–Trinajstić information content (AvgIpc) is 3.39. The number of hydrogen-bond donors (Lipinski definition) is 0. The van der Waals surface area contributed by atoms with Crippen molar-refractivity contribution in [1.82, 2.24) is 9.97 Å². The van der Waals surface area contributed by atoms with E-state index in [1.54, 1.807) is 18.3 Å². The van der Waals surface area contributed by atoms with Gasteiger partial charge in [0.1, 0.15) is 10.4 Å². The Hall–Kier alpha value is -3.71. The fourth-order valence-corrected chi connectivity index (χ4v) is 4.79. The van der Waals surface area contributed by atoms with E-state index in [0.717, 1.165) is 27.1 Å². The molecular weight excluding hydrogens is 533 g/mol. The number of ketones is 1. The third-order valence-corrected chi connectivity index (χ3v) is 6.89. The minimum Gasteiger partial charge on any atom is -0.385 e. The van der Waals surface area contributed by atoms with Crippen LogP contribution >= 0.6 is 15.9 Å². The van der Waals surface area contributed by atoms with Crippen molar-refractivity contribution in [2.45, 2.75) is 38.7 Å². The van der Waals surface area contributed by atoms with Gasteiger partial charge in [0.05, 0.1) is 11.4 Å². The standard InChI is InChI=1S/C30H25BrFN3O2/c1-18-9-10-23(24(32)12-18)20-14-21(27-17-29(37-35-27)26-6-3-4-11-33-26)16-22(15-20)28(36)13-19(2)25-7-5-8-30(31)34-25/h3-12,14-16,19,29H,13,17H2,1-2H3/t19-,29?/m0/s1. The van der Waals surface area contributed by atoms with Crippen molar-refractivity contribution in [3.8, 4) is 11.1 Å². The Balaban J connectivity index is 1.49. The molecule has 5 nitrogen and oxygen atoms in total. The summed E-state index contributed by atoms with van der Waals surface area (Å²) < 4.78 is 15.7. The van der Waals surface area contributed by atoms with Crippen LogP contribution in [0.25, 0.3) is 11.1 Å². The van der Waals surface area contributed by atoms with Crippen LogP contribution in [0.1, 0.15) is 64.7 Å². The van der Waals surface area contributed by atoms with Gasteiger partial charge in [0.2, 0.25) is 0 Å². The van der Waals surface area contributed by atoms with Gasteiger partial charge >= 0.3 is 0 Å². The van der Waals surface area contributed by atoms with Crippen molar-refractivity contribution in [3.63, 3.8) is 0 Å². The zero-order chi connectivity index (χ0) is 25.9. The second-order valence-corrected chi connectivity index (χ2v) is 10.1. The van der Waals surface area contributed by atoms with E-state index in [2.05, 4.69) is 31.1 Å². The average molecular weight is 558 g/mol. The Labute approximate surface area is 223 Å². The van der Waals surface area contributed by atoms with E-state index in [9.17, 15) is 9.18 Å². The molecule has 5 rings (SSSR count). The molecule has 0 aliphatic carbocycles. The Kier molecular flexibility index (Phi) is 7.24. The lowest BCUT2D eigenvalue weighted by Gasteiger charge is -2.13. The fourth-order valence-electron chi connectivity index (χ4n) is 4.44. The predicted molar refractivity (Wildman–Crippen MR) is 145 cm³/mol. The highest BCUT2D eigenvalue weighted by atomic mass is 79.9. The van der Waals surface area contributed by atoms with Crippen LogP contribution in [0.15, 0.2) is 88.8 Å². The largest absolute Gasteiger partial charge is 0.385 e. The Bertz CT molecular complexity index is 1490. The smallest absolute Gasteiger partial charge is 0.174 e. The predicted octanol–water partition coefficient (Wildman–Crippen LogP) is 7.60. The molecular formula is C30H25BrFN3O2. The Morgan fingerprint density at radius 3 is 2.68 bits per heavy atom. The number of carbonyl (C=O) groups excluding carboxylic acids is 1. The van der Waals surface area contributed by atoms with Gasteiger partial charge < -0.3 is 4.84 Å². The first kappa shape index (κ1) is 25.0. The summed E-state index contributed by atoms with van der Waals surface area (Å²) in [5.41, 5.74) is 5.42. The molecule has 0 fully saturated rings. The minimum atomic E-state index is -0.335. The molecule has 0 amide bonds. The SMILES string of the molecule is Cc1ccc(-c2cc(C(=O)C[C@H](C)c3cccc(Br)n3)cc(C3=NOC(c4ccccn4)C3)c2)c(F)c1. The highest BCUT2D eigenvalue weighted by molar-refractivity contribution is 9.10. The number of nitrogens with zero attached hydrogens (tertiary/aromatic N) is 3. The summed E-state index contributed by atoms with van der Waals surface area (Å²) in [6.07, 6.45) is 2.18. The molecule has 2 aromatic carbocycles. The Morgan fingerprint density at radius 1 is 1.08 bits per heavy atom. The topological polar surface area (TPSA) is 64.4 Å². The molecule has 0 spiro atoms. The molecule has 0 radical (unpaired) electrons. The van der Waals surface area contributed by atoms with Crippen molar-refractivity contribution in [3.05, 3.63) is 117 Å². The number of Topliss-reactive ketones (excluding diaryl/α,β-unsaturated/α-hetero) is 1. The zero-order valence-electron chi connectivity index (χ0n) is 20.5. The van der Waals surface area contributed by atoms with Gasteiger partial charge in [-0.05, 0) is 82.5 Å². The maximum absolute atomic E-state index is 15.0. The lowest BCUT2D eigenvalue weighted by Crippen LogP contribution is -2.09. The van der Waals surface area contributed by atoms with Crippen molar-refractivity contribution in [2.24, 2.45) is 5.16 Å². The van der Waals surface area contributed by atoms with Gasteiger partial charge in [0, 0.05) is 47.3 Å². The van der Waals surface area contributed by atoms with Gasteiger partial charge in [-0.15, -0.1) is 0 Å². The molecule has 1 unspecified atom stereocenters. The second kappa shape index (κ2) is 10.7. The van der Waals surface area contributed by atoms with Crippen molar-refractivity contribution < 1.29 is 14.0 Å². The number of carbonyl (C=O) groups is 1. The molecule has 37 heavy (non-hydrogen) atoms. The third-order valence-electron chi connectivity index (χ3n) is 6.44. The maximum Gasteiger partial charge on any atom is 0.174 e. The van der Waals surface area contributed by atoms with Gasteiger partial charge in [-0.3, -0.25) is 9.78 Å². The molecule has 4 aromatic rings. The quantitative estimate of drug-likeness (QED) is 0.173. The number of aromatic nitrogens is 2. The first-order valence-corrected chi connectivity index (χ1v) is 12.9. The van der Waals surface area contributed by atoms with Crippen LogP contribution in [0.5, 0.6) is 0 Å². The van der Waals surface area contributed by atoms with E-state index >= 15 is 0 Å². The molecule has 186 valence electrons. The van der Waals surface area contributed by atoms with Crippen molar-refractivity contribution in [1.29, 1.82) is 0 Å². The number of halogens is 2. The first-order valence-electron chi connectivity index (χ1n) is 12.1. The van der Waals surface area contributed by atoms with E-state index < -0.39 is 0 Å². The molecule has 2 atom stereocenters. The minimum absolute atomic E-state index is 0.0503. The van der Waals surface area contributed by atoms with Crippen LogP contribution < -0.4 is 0 Å². The number of oxime groups is 1. The lowest BCUT2D eigenvalue weighted by molar-refractivity contribution is 0.0826. The monoisotopic (exact) mass is 557 g/mol. The molecule has 0 saturated heterocycles. The van der Waals surface area contributed by atoms with Crippen LogP contribution in [0.3, 0.4) is 0 Å². The molecule has 3 heterocycles. The molecule has 7 heteroatoms. The summed E-state index contributed by atoms with van der Waals surface area (Å²) >= 11 is 3.40. The second-order valence-electron chi connectivity index (χ2n) is 9.29. The number of rotatable bonds is 7. The summed E-state index contributed by atoms with van der Waals surface area (Å²) in [6, 6.07) is 21.9. The number of benzene rings is 2. The van der Waals surface area contributed by atoms with E-state index in [4.69, 9.17) is 4.84 Å². The summed E-state index contributed by atoms with van der Waals surface area (Å²) in [5, 5.41) is 4.31. The molecule has 1 aliphatic rings. The van der Waals surface area contributed by atoms with Crippen molar-refractivity contribution >= 4 is 27.4 Å². The van der Waals surface area contributed by atoms with Gasteiger partial charge in [-0.25, -0.2) is 9.37 Å². The van der Waals surface area contributed by atoms with E-state index in [0.29, 0.717) is 28.8 Å². The normalized spacial score (nSPS) is 15.7. The van der Waals surface area contributed by atoms with Gasteiger partial charge in [0.15, 0.2) is 11.9 Å². The van der Waals surface area contributed by atoms with Gasteiger partial charge in [-0.1, -0.05) is 36.3 Å². The van der Waals surface area contributed by atoms with Crippen LogP contribution in [-0.2, 0) is 4.84 Å². The van der Waals surface area contributed by atoms with Crippen molar-refractivity contribution in [2.75, 3.05) is 0 Å². The van der Waals surface area contributed by atoms with Crippen LogP contribution in [0.4, 0.5) is 4.39 Å². The van der Waals surface area contributed by atoms with Crippen LogP contribution in [0, 0.1) is 12.7 Å². The summed E-state index contributed by atoms with van der Waals surface area (Å²) in [7, 11) is 0. The van der Waals surface area contributed by atoms with Crippen LogP contribution in [0.2, 0.25) is 0 Å².